The molecular weight excluding hydrogens is 234 g/mol. The third-order valence-corrected chi connectivity index (χ3v) is 2.40. The van der Waals surface area contributed by atoms with Crippen LogP contribution in [-0.2, 0) is 18.3 Å². The van der Waals surface area contributed by atoms with Gasteiger partial charge in [0.05, 0.1) is 17.8 Å². The van der Waals surface area contributed by atoms with Crippen molar-refractivity contribution in [2.75, 3.05) is 0 Å². The lowest BCUT2D eigenvalue weighted by Crippen LogP contribution is -2.26. The Hall–Kier alpha value is -2.57. The average Bonchev–Trinajstić information content (AvgIpc) is 2.35. The summed E-state index contributed by atoms with van der Waals surface area (Å²) >= 11 is 0. The SMILES string of the molecule is Cn1c(CC(N)=O)nc(-c2ccncn2)cc1=O. The fraction of sp³-hybridized carbons (Fsp3) is 0.182. The molecule has 0 atom stereocenters. The molecule has 7 nitrogen and oxygen atoms in total. The molecule has 0 unspecified atom stereocenters. The summed E-state index contributed by atoms with van der Waals surface area (Å²) in [6.45, 7) is 0. The summed E-state index contributed by atoms with van der Waals surface area (Å²) < 4.78 is 1.29. The summed E-state index contributed by atoms with van der Waals surface area (Å²) in [4.78, 5) is 34.7. The van der Waals surface area contributed by atoms with Crippen molar-refractivity contribution in [2.24, 2.45) is 12.8 Å². The molecule has 0 radical (unpaired) electrons. The van der Waals surface area contributed by atoms with Crippen LogP contribution in [-0.4, -0.2) is 25.4 Å². The number of nitrogens with zero attached hydrogens (tertiary/aromatic N) is 4. The number of carbonyl (C=O) groups is 1. The quantitative estimate of drug-likeness (QED) is 0.767. The average molecular weight is 245 g/mol. The first kappa shape index (κ1) is 11.9. The third kappa shape index (κ3) is 2.40. The molecule has 92 valence electrons. The van der Waals surface area contributed by atoms with Gasteiger partial charge in [-0.15, -0.1) is 0 Å². The van der Waals surface area contributed by atoms with Crippen LogP contribution >= 0.6 is 0 Å². The number of amides is 1. The number of aromatic nitrogens is 4. The predicted octanol–water partition coefficient (Wildman–Crippen LogP) is -0.735. The van der Waals surface area contributed by atoms with Gasteiger partial charge in [0.25, 0.3) is 5.56 Å². The van der Waals surface area contributed by atoms with Gasteiger partial charge in [-0.25, -0.2) is 15.0 Å². The molecular formula is C11H11N5O2. The van der Waals surface area contributed by atoms with E-state index in [0.29, 0.717) is 17.2 Å². The number of hydrogen-bond acceptors (Lipinski definition) is 5. The molecule has 2 rings (SSSR count). The van der Waals surface area contributed by atoms with Crippen LogP contribution in [0.5, 0.6) is 0 Å². The second-order valence-corrected chi connectivity index (χ2v) is 3.69. The summed E-state index contributed by atoms with van der Waals surface area (Å²) in [6.07, 6.45) is 2.82. The molecule has 0 saturated heterocycles. The van der Waals surface area contributed by atoms with Gasteiger partial charge < -0.3 is 5.73 Å². The maximum Gasteiger partial charge on any atom is 0.253 e. The monoisotopic (exact) mass is 245 g/mol. The smallest absolute Gasteiger partial charge is 0.253 e. The predicted molar refractivity (Wildman–Crippen MR) is 63.4 cm³/mol. The van der Waals surface area contributed by atoms with Crippen LogP contribution in [0.15, 0.2) is 29.5 Å². The van der Waals surface area contributed by atoms with Gasteiger partial charge in [-0.1, -0.05) is 0 Å². The van der Waals surface area contributed by atoms with Crippen molar-refractivity contribution in [1.82, 2.24) is 19.5 Å². The van der Waals surface area contributed by atoms with Crippen LogP contribution in [0.4, 0.5) is 0 Å². The van der Waals surface area contributed by atoms with Crippen LogP contribution < -0.4 is 11.3 Å². The summed E-state index contributed by atoms with van der Waals surface area (Å²) in [5, 5.41) is 0. The molecule has 2 aromatic heterocycles. The van der Waals surface area contributed by atoms with Gasteiger partial charge in [-0.3, -0.25) is 14.2 Å². The van der Waals surface area contributed by atoms with E-state index in [1.807, 2.05) is 0 Å². The van der Waals surface area contributed by atoms with Crippen molar-refractivity contribution in [3.05, 3.63) is 40.8 Å². The van der Waals surface area contributed by atoms with E-state index in [2.05, 4.69) is 15.0 Å². The van der Waals surface area contributed by atoms with E-state index < -0.39 is 5.91 Å². The normalized spacial score (nSPS) is 10.3. The molecule has 1 amide bonds. The van der Waals surface area contributed by atoms with E-state index in [1.54, 1.807) is 12.3 Å². The van der Waals surface area contributed by atoms with Gasteiger partial charge in [0, 0.05) is 19.3 Å². The Labute approximate surface area is 102 Å². The van der Waals surface area contributed by atoms with Gasteiger partial charge in [-0.2, -0.15) is 0 Å². The minimum atomic E-state index is -0.544. The molecule has 0 bridgehead atoms. The van der Waals surface area contributed by atoms with Crippen LogP contribution in [0.2, 0.25) is 0 Å². The zero-order chi connectivity index (χ0) is 13.1. The number of primary amides is 1. The van der Waals surface area contributed by atoms with Crippen molar-refractivity contribution in [2.45, 2.75) is 6.42 Å². The van der Waals surface area contributed by atoms with Crippen molar-refractivity contribution in [1.29, 1.82) is 0 Å². The van der Waals surface area contributed by atoms with E-state index in [9.17, 15) is 9.59 Å². The lowest BCUT2D eigenvalue weighted by Gasteiger charge is -2.07. The summed E-state index contributed by atoms with van der Waals surface area (Å²) in [6, 6.07) is 2.99. The second-order valence-electron chi connectivity index (χ2n) is 3.69. The van der Waals surface area contributed by atoms with Crippen LogP contribution in [0.1, 0.15) is 5.82 Å². The van der Waals surface area contributed by atoms with Crippen molar-refractivity contribution >= 4 is 5.91 Å². The molecule has 18 heavy (non-hydrogen) atoms. The Morgan fingerprint density at radius 3 is 2.83 bits per heavy atom. The molecule has 0 fully saturated rings. The van der Waals surface area contributed by atoms with E-state index in [4.69, 9.17) is 5.73 Å². The summed E-state index contributed by atoms with van der Waals surface area (Å²) in [7, 11) is 1.54. The van der Waals surface area contributed by atoms with Crippen molar-refractivity contribution in [3.63, 3.8) is 0 Å². The zero-order valence-electron chi connectivity index (χ0n) is 9.70. The van der Waals surface area contributed by atoms with Crippen molar-refractivity contribution in [3.8, 4) is 11.4 Å². The molecule has 0 spiro atoms. The molecule has 2 aromatic rings. The molecule has 7 heteroatoms. The molecule has 2 N–H and O–H groups in total. The largest absolute Gasteiger partial charge is 0.369 e. The first-order chi connectivity index (χ1) is 8.58. The molecule has 0 aromatic carbocycles. The standard InChI is InChI=1S/C11H11N5O2/c1-16-10(5-9(12)17)15-8(4-11(16)18)7-2-3-13-6-14-7/h2-4,6H,5H2,1H3,(H2,12,17). The Bertz CT molecular complexity index is 636. The fourth-order valence-corrected chi connectivity index (χ4v) is 1.47. The molecule has 0 saturated carbocycles. The van der Waals surface area contributed by atoms with Gasteiger partial charge >= 0.3 is 0 Å². The van der Waals surface area contributed by atoms with E-state index >= 15 is 0 Å². The minimum absolute atomic E-state index is 0.0926. The lowest BCUT2D eigenvalue weighted by molar-refractivity contribution is -0.117. The number of carbonyl (C=O) groups excluding carboxylic acids is 1. The highest BCUT2D eigenvalue weighted by atomic mass is 16.1. The first-order valence-corrected chi connectivity index (χ1v) is 5.19. The highest BCUT2D eigenvalue weighted by molar-refractivity contribution is 5.75. The highest BCUT2D eigenvalue weighted by Crippen LogP contribution is 2.10. The summed E-state index contributed by atoms with van der Waals surface area (Å²) in [5.74, 6) is -0.235. The Morgan fingerprint density at radius 1 is 1.44 bits per heavy atom. The van der Waals surface area contributed by atoms with E-state index in [0.717, 1.165) is 0 Å². The van der Waals surface area contributed by atoms with Gasteiger partial charge in [0.15, 0.2) is 0 Å². The fourth-order valence-electron chi connectivity index (χ4n) is 1.47. The zero-order valence-corrected chi connectivity index (χ0v) is 9.70. The molecule has 0 aliphatic rings. The topological polar surface area (TPSA) is 104 Å². The molecule has 0 aliphatic carbocycles. The Balaban J connectivity index is 2.54. The first-order valence-electron chi connectivity index (χ1n) is 5.19. The van der Waals surface area contributed by atoms with Gasteiger partial charge in [0.2, 0.25) is 5.91 Å². The maximum absolute atomic E-state index is 11.7. The Morgan fingerprint density at radius 2 is 2.22 bits per heavy atom. The second kappa shape index (κ2) is 4.74. The minimum Gasteiger partial charge on any atom is -0.369 e. The number of hydrogen-bond donors (Lipinski definition) is 1. The van der Waals surface area contributed by atoms with Gasteiger partial charge in [0.1, 0.15) is 12.2 Å². The lowest BCUT2D eigenvalue weighted by atomic mass is 10.2. The Kier molecular flexibility index (Phi) is 3.13. The molecule has 2 heterocycles. The summed E-state index contributed by atoms with van der Waals surface area (Å²) in [5.41, 5.74) is 5.77. The van der Waals surface area contributed by atoms with Gasteiger partial charge in [-0.05, 0) is 6.07 Å². The van der Waals surface area contributed by atoms with Crippen LogP contribution in [0, 0.1) is 0 Å². The molecule has 0 aliphatic heterocycles. The number of nitrogens with two attached hydrogens (primary N) is 1. The van der Waals surface area contributed by atoms with E-state index in [-0.39, 0.29) is 12.0 Å². The van der Waals surface area contributed by atoms with E-state index in [1.165, 1.54) is 24.0 Å². The van der Waals surface area contributed by atoms with Crippen LogP contribution in [0.3, 0.4) is 0 Å². The van der Waals surface area contributed by atoms with Crippen LogP contribution in [0.25, 0.3) is 11.4 Å². The maximum atomic E-state index is 11.7. The highest BCUT2D eigenvalue weighted by Gasteiger charge is 2.10. The van der Waals surface area contributed by atoms with Crippen molar-refractivity contribution < 1.29 is 4.79 Å². The third-order valence-electron chi connectivity index (χ3n) is 2.40. The number of rotatable bonds is 3.